The predicted molar refractivity (Wildman–Crippen MR) is 76.5 cm³/mol. The van der Waals surface area contributed by atoms with E-state index in [1.165, 1.54) is 5.56 Å². The minimum Gasteiger partial charge on any atom is -0.375 e. The van der Waals surface area contributed by atoms with Gasteiger partial charge in [-0.15, -0.1) is 0 Å². The van der Waals surface area contributed by atoms with E-state index in [0.717, 1.165) is 25.1 Å². The Hall–Kier alpha value is -1.19. The molecule has 104 valence electrons. The monoisotopic (exact) mass is 261 g/mol. The molecule has 1 aliphatic heterocycles. The first-order valence-corrected chi connectivity index (χ1v) is 7.09. The van der Waals surface area contributed by atoms with Crippen molar-refractivity contribution in [2.75, 3.05) is 19.7 Å². The number of hydrogen-bond acceptors (Lipinski definition) is 3. The minimum atomic E-state index is 0.0246. The maximum Gasteiger partial charge on any atom is 0.165 e. The third kappa shape index (κ3) is 4.44. The molecule has 1 saturated heterocycles. The number of hydrogen-bond donors (Lipinski definition) is 1. The van der Waals surface area contributed by atoms with Crippen LogP contribution in [0.25, 0.3) is 0 Å². The van der Waals surface area contributed by atoms with Crippen molar-refractivity contribution in [2.24, 2.45) is 5.92 Å². The first-order valence-electron chi connectivity index (χ1n) is 7.09. The summed E-state index contributed by atoms with van der Waals surface area (Å²) in [4.78, 5) is 12.1. The summed E-state index contributed by atoms with van der Waals surface area (Å²) < 4.78 is 5.56. The fourth-order valence-electron chi connectivity index (χ4n) is 2.37. The lowest BCUT2D eigenvalue weighted by Crippen LogP contribution is -2.39. The van der Waals surface area contributed by atoms with Crippen LogP contribution >= 0.6 is 0 Å². The van der Waals surface area contributed by atoms with E-state index in [2.05, 4.69) is 31.3 Å². The zero-order chi connectivity index (χ0) is 13.7. The Balaban J connectivity index is 1.91. The number of nitrogens with one attached hydrogen (secondary N) is 1. The molecule has 3 nitrogen and oxygen atoms in total. The maximum atomic E-state index is 12.1. The topological polar surface area (TPSA) is 38.3 Å². The van der Waals surface area contributed by atoms with Gasteiger partial charge in [0, 0.05) is 25.1 Å². The summed E-state index contributed by atoms with van der Waals surface area (Å²) in [5, 5.41) is 3.25. The summed E-state index contributed by atoms with van der Waals surface area (Å²) in [6.07, 6.45) is 1.55. The van der Waals surface area contributed by atoms with Crippen LogP contribution in [-0.2, 0) is 11.2 Å². The lowest BCUT2D eigenvalue weighted by atomic mass is 9.99. The number of ether oxygens (including phenoxy) is 1. The molecule has 1 heterocycles. The van der Waals surface area contributed by atoms with Crippen LogP contribution in [0.5, 0.6) is 0 Å². The molecule has 3 heteroatoms. The fraction of sp³-hybridized carbons (Fsp3) is 0.562. The lowest BCUT2D eigenvalue weighted by Gasteiger charge is -2.22. The molecule has 1 aromatic rings. The van der Waals surface area contributed by atoms with Crippen molar-refractivity contribution >= 4 is 5.78 Å². The summed E-state index contributed by atoms with van der Waals surface area (Å²) in [5.74, 6) is 0.813. The smallest absolute Gasteiger partial charge is 0.165 e. The predicted octanol–water partition coefficient (Wildman–Crippen LogP) is 2.45. The highest BCUT2D eigenvalue weighted by molar-refractivity contribution is 5.96. The van der Waals surface area contributed by atoms with Gasteiger partial charge in [0.2, 0.25) is 0 Å². The number of morpholine rings is 1. The second kappa shape index (κ2) is 6.83. The van der Waals surface area contributed by atoms with E-state index in [4.69, 9.17) is 4.74 Å². The molecule has 1 unspecified atom stereocenters. The largest absolute Gasteiger partial charge is 0.375 e. The van der Waals surface area contributed by atoms with Gasteiger partial charge in [-0.3, -0.25) is 4.79 Å². The quantitative estimate of drug-likeness (QED) is 0.827. The average Bonchev–Trinajstić information content (AvgIpc) is 2.40. The molecule has 0 radical (unpaired) electrons. The van der Waals surface area contributed by atoms with E-state index < -0.39 is 0 Å². The van der Waals surface area contributed by atoms with Crippen molar-refractivity contribution < 1.29 is 9.53 Å². The van der Waals surface area contributed by atoms with Crippen molar-refractivity contribution in [3.8, 4) is 0 Å². The number of ketones is 1. The molecule has 0 bridgehead atoms. The Morgan fingerprint density at radius 1 is 1.37 bits per heavy atom. The maximum absolute atomic E-state index is 12.1. The zero-order valence-electron chi connectivity index (χ0n) is 11.8. The Bertz CT molecular complexity index is 405. The van der Waals surface area contributed by atoms with E-state index in [1.54, 1.807) is 0 Å². The Morgan fingerprint density at radius 3 is 2.68 bits per heavy atom. The van der Waals surface area contributed by atoms with Gasteiger partial charge in [0.1, 0.15) is 0 Å². The molecule has 0 amide bonds. The number of carbonyl (C=O) groups is 1. The summed E-state index contributed by atoms with van der Waals surface area (Å²) in [7, 11) is 0. The Kier molecular flexibility index (Phi) is 5.11. The van der Waals surface area contributed by atoms with Crippen LogP contribution < -0.4 is 5.32 Å². The van der Waals surface area contributed by atoms with Gasteiger partial charge in [0.25, 0.3) is 0 Å². The van der Waals surface area contributed by atoms with Crippen molar-refractivity contribution in [3.05, 3.63) is 35.4 Å². The molecule has 1 N–H and O–H groups in total. The second-order valence-electron chi connectivity index (χ2n) is 5.62. The first kappa shape index (κ1) is 14.2. The van der Waals surface area contributed by atoms with Gasteiger partial charge in [0.15, 0.2) is 5.78 Å². The Labute approximate surface area is 115 Å². The van der Waals surface area contributed by atoms with Crippen LogP contribution in [0.1, 0.15) is 36.2 Å². The number of carbonyl (C=O) groups excluding carboxylic acids is 1. The number of rotatable bonds is 5. The van der Waals surface area contributed by atoms with Crippen LogP contribution in [0, 0.1) is 5.92 Å². The number of Topliss-reactive ketones (excluding diaryl/α,β-unsaturated/α-hetero) is 1. The molecular formula is C16H23NO2. The standard InChI is InChI=1S/C16H23NO2/c1-12(2)9-13-3-5-14(6-4-13)16(18)10-15-11-17-7-8-19-15/h3-6,12,15,17H,7-11H2,1-2H3. The molecule has 1 fully saturated rings. The average molecular weight is 261 g/mol. The van der Waals surface area contributed by atoms with Crippen molar-refractivity contribution in [1.82, 2.24) is 5.32 Å². The summed E-state index contributed by atoms with van der Waals surface area (Å²) >= 11 is 0. The van der Waals surface area contributed by atoms with E-state index in [9.17, 15) is 4.79 Å². The summed E-state index contributed by atoms with van der Waals surface area (Å²) in [5.41, 5.74) is 2.09. The van der Waals surface area contributed by atoms with Crippen molar-refractivity contribution in [1.29, 1.82) is 0 Å². The van der Waals surface area contributed by atoms with Gasteiger partial charge < -0.3 is 10.1 Å². The molecule has 0 aromatic heterocycles. The minimum absolute atomic E-state index is 0.0246. The molecule has 0 aliphatic carbocycles. The summed E-state index contributed by atoms with van der Waals surface area (Å²) in [6, 6.07) is 8.01. The van der Waals surface area contributed by atoms with E-state index in [0.29, 0.717) is 18.9 Å². The Morgan fingerprint density at radius 2 is 2.11 bits per heavy atom. The van der Waals surface area contributed by atoms with E-state index in [1.807, 2.05) is 12.1 Å². The van der Waals surface area contributed by atoms with Crippen molar-refractivity contribution in [3.63, 3.8) is 0 Å². The molecular weight excluding hydrogens is 238 g/mol. The van der Waals surface area contributed by atoms with Gasteiger partial charge in [-0.25, -0.2) is 0 Å². The molecule has 0 spiro atoms. The number of benzene rings is 1. The van der Waals surface area contributed by atoms with Gasteiger partial charge in [-0.2, -0.15) is 0 Å². The lowest BCUT2D eigenvalue weighted by molar-refractivity contribution is 0.0240. The highest BCUT2D eigenvalue weighted by Crippen LogP contribution is 2.13. The normalized spacial score (nSPS) is 19.6. The SMILES string of the molecule is CC(C)Cc1ccc(C(=O)CC2CNCCO2)cc1. The van der Waals surface area contributed by atoms with Crippen molar-refractivity contribution in [2.45, 2.75) is 32.8 Å². The molecule has 2 rings (SSSR count). The van der Waals surface area contributed by atoms with Gasteiger partial charge in [-0.1, -0.05) is 38.1 Å². The van der Waals surface area contributed by atoms with Crippen LogP contribution in [0.3, 0.4) is 0 Å². The molecule has 0 saturated carbocycles. The third-order valence-corrected chi connectivity index (χ3v) is 3.34. The molecule has 1 atom stereocenters. The third-order valence-electron chi connectivity index (χ3n) is 3.34. The summed E-state index contributed by atoms with van der Waals surface area (Å²) in [6.45, 7) is 6.76. The molecule has 1 aliphatic rings. The highest BCUT2D eigenvalue weighted by Gasteiger charge is 2.18. The highest BCUT2D eigenvalue weighted by atomic mass is 16.5. The fourth-order valence-corrected chi connectivity index (χ4v) is 2.37. The van der Waals surface area contributed by atoms with Crippen LogP contribution in [0.2, 0.25) is 0 Å². The second-order valence-corrected chi connectivity index (χ2v) is 5.62. The molecule has 1 aromatic carbocycles. The van der Waals surface area contributed by atoms with Crippen LogP contribution in [0.4, 0.5) is 0 Å². The molecule has 19 heavy (non-hydrogen) atoms. The van der Waals surface area contributed by atoms with Crippen LogP contribution in [-0.4, -0.2) is 31.6 Å². The first-order chi connectivity index (χ1) is 9.15. The van der Waals surface area contributed by atoms with Gasteiger partial charge in [-0.05, 0) is 17.9 Å². The van der Waals surface area contributed by atoms with Gasteiger partial charge in [0.05, 0.1) is 12.7 Å². The van der Waals surface area contributed by atoms with Crippen LogP contribution in [0.15, 0.2) is 24.3 Å². The van der Waals surface area contributed by atoms with E-state index in [-0.39, 0.29) is 11.9 Å². The van der Waals surface area contributed by atoms with Gasteiger partial charge >= 0.3 is 0 Å². The van der Waals surface area contributed by atoms with E-state index >= 15 is 0 Å². The zero-order valence-corrected chi connectivity index (χ0v) is 11.8.